The highest BCUT2D eigenvalue weighted by Crippen LogP contribution is 2.50. The lowest BCUT2D eigenvalue weighted by Gasteiger charge is -2.53. The van der Waals surface area contributed by atoms with Gasteiger partial charge in [-0.25, -0.2) is 4.79 Å². The molecule has 4 aliphatic heterocycles. The van der Waals surface area contributed by atoms with Crippen molar-refractivity contribution >= 4 is 5.97 Å². The quantitative estimate of drug-likeness (QED) is 0.688. The number of fused-ring (bicyclic) bond motifs is 6. The van der Waals surface area contributed by atoms with Gasteiger partial charge in [0.15, 0.2) is 0 Å². The number of nitrogens with one attached hydrogen (secondary N) is 1. The fourth-order valence-corrected chi connectivity index (χ4v) is 7.41. The van der Waals surface area contributed by atoms with E-state index in [0.717, 1.165) is 31.4 Å². The molecular weight excluding hydrogens is 384 g/mol. The van der Waals surface area contributed by atoms with E-state index in [1.165, 1.54) is 20.1 Å². The largest absolute Gasteiger partial charge is 0.651 e. The van der Waals surface area contributed by atoms with E-state index in [1.807, 2.05) is 7.11 Å². The lowest BCUT2D eigenvalue weighted by molar-refractivity contribution is -0.942. The number of methoxy groups -OCH3 is 3. The molecule has 11 atom stereocenters. The van der Waals surface area contributed by atoms with Crippen LogP contribution in [0.1, 0.15) is 32.6 Å². The Kier molecular flexibility index (Phi) is 5.58. The molecule has 1 saturated carbocycles. The van der Waals surface area contributed by atoms with Gasteiger partial charge in [0.1, 0.15) is 6.10 Å². The molecule has 7 heteroatoms. The van der Waals surface area contributed by atoms with Crippen LogP contribution in [0.4, 0.5) is 0 Å². The van der Waals surface area contributed by atoms with Crippen LogP contribution in [0, 0.1) is 23.7 Å². The maximum absolute atomic E-state index is 12.4. The first-order valence-electron chi connectivity index (χ1n) is 11.6. The average molecular weight is 421 g/mol. The topological polar surface area (TPSA) is 72.5 Å². The standard InChI is InChI=1S/C23H35N2O5/c1-12-16-10-25-6-5-13-15-8-20(27-2)21(28-3)9-18(15)24-22(13)19(25)7-14(16)17(11-30-12)23(26)29-4/h11-16,18-22H,5-10H2,1-4H3/q-1/p+1. The van der Waals surface area contributed by atoms with Crippen LogP contribution in [-0.4, -0.2) is 76.8 Å². The molecule has 1 N–H and O–H groups in total. The van der Waals surface area contributed by atoms with Crippen LogP contribution >= 0.6 is 0 Å². The Morgan fingerprint density at radius 3 is 2.60 bits per heavy atom. The van der Waals surface area contributed by atoms with Crippen molar-refractivity contribution in [2.24, 2.45) is 23.7 Å². The van der Waals surface area contributed by atoms with E-state index in [2.05, 4.69) is 6.92 Å². The number of carbonyl (C=O) groups excluding carboxylic acids is 1. The second-order valence-electron chi connectivity index (χ2n) is 9.97. The molecule has 30 heavy (non-hydrogen) atoms. The summed E-state index contributed by atoms with van der Waals surface area (Å²) in [4.78, 5) is 14.1. The lowest BCUT2D eigenvalue weighted by atomic mass is 9.67. The van der Waals surface area contributed by atoms with Gasteiger partial charge in [0.25, 0.3) is 0 Å². The molecular formula is C23H36N2O5. The van der Waals surface area contributed by atoms with Gasteiger partial charge in [-0.2, -0.15) is 0 Å². The minimum Gasteiger partial charge on any atom is -0.651 e. The Balaban J connectivity index is 1.37. The minimum absolute atomic E-state index is 0.141. The van der Waals surface area contributed by atoms with Crippen molar-refractivity contribution in [2.75, 3.05) is 34.4 Å². The third kappa shape index (κ3) is 3.20. The third-order valence-electron chi connectivity index (χ3n) is 8.94. The zero-order chi connectivity index (χ0) is 21.0. The summed E-state index contributed by atoms with van der Waals surface area (Å²) in [7, 11) is 5.06. The zero-order valence-corrected chi connectivity index (χ0v) is 18.6. The summed E-state index contributed by atoms with van der Waals surface area (Å²) >= 11 is 0. The monoisotopic (exact) mass is 420 g/mol. The molecule has 4 fully saturated rings. The SMILES string of the molecule is COC(=O)C1=COC(C)C2C[NH+]3CCC4C5CC(OC)C(OC)CC5[N-]C4C3CC12. The highest BCUT2D eigenvalue weighted by atomic mass is 16.5. The first-order valence-corrected chi connectivity index (χ1v) is 11.6. The Morgan fingerprint density at radius 1 is 1.10 bits per heavy atom. The Bertz CT molecular complexity index is 699. The molecule has 5 rings (SSSR count). The van der Waals surface area contributed by atoms with Crippen LogP contribution in [0.25, 0.3) is 5.32 Å². The molecule has 4 heterocycles. The van der Waals surface area contributed by atoms with Crippen LogP contribution in [0.5, 0.6) is 0 Å². The maximum Gasteiger partial charge on any atom is 0.337 e. The van der Waals surface area contributed by atoms with E-state index in [-0.39, 0.29) is 30.2 Å². The van der Waals surface area contributed by atoms with Crippen molar-refractivity contribution in [3.63, 3.8) is 0 Å². The summed E-state index contributed by atoms with van der Waals surface area (Å²) in [6, 6.07) is 1.25. The van der Waals surface area contributed by atoms with E-state index in [1.54, 1.807) is 18.3 Å². The van der Waals surface area contributed by atoms with Crippen LogP contribution in [0.3, 0.4) is 0 Å². The number of hydrogen-bond donors (Lipinski definition) is 1. The van der Waals surface area contributed by atoms with Gasteiger partial charge in [0.2, 0.25) is 0 Å². The Morgan fingerprint density at radius 2 is 1.87 bits per heavy atom. The number of ether oxygens (including phenoxy) is 4. The molecule has 3 saturated heterocycles. The van der Waals surface area contributed by atoms with Crippen molar-refractivity contribution in [3.8, 4) is 0 Å². The van der Waals surface area contributed by atoms with Crippen molar-refractivity contribution in [1.82, 2.24) is 0 Å². The molecule has 11 unspecified atom stereocenters. The van der Waals surface area contributed by atoms with Gasteiger partial charge in [-0.15, -0.1) is 6.04 Å². The van der Waals surface area contributed by atoms with Crippen LogP contribution in [0.2, 0.25) is 0 Å². The predicted molar refractivity (Wildman–Crippen MR) is 110 cm³/mol. The van der Waals surface area contributed by atoms with Gasteiger partial charge < -0.3 is 29.2 Å². The average Bonchev–Trinajstić information content (AvgIpc) is 3.14. The van der Waals surface area contributed by atoms with Crippen LogP contribution in [0.15, 0.2) is 11.8 Å². The summed E-state index contributed by atoms with van der Waals surface area (Å²) in [6.07, 6.45) is 6.39. The number of quaternary nitrogens is 1. The van der Waals surface area contributed by atoms with Crippen LogP contribution < -0.4 is 4.90 Å². The summed E-state index contributed by atoms with van der Waals surface area (Å²) in [5.74, 6) is 1.58. The number of nitrogens with zero attached hydrogens (tertiary/aromatic N) is 1. The smallest absolute Gasteiger partial charge is 0.337 e. The summed E-state index contributed by atoms with van der Waals surface area (Å²) < 4.78 is 22.4. The van der Waals surface area contributed by atoms with Gasteiger partial charge in [-0.05, 0) is 32.1 Å². The van der Waals surface area contributed by atoms with Gasteiger partial charge in [-0.1, -0.05) is 12.0 Å². The first kappa shape index (κ1) is 20.7. The van der Waals surface area contributed by atoms with Crippen molar-refractivity contribution < 1.29 is 28.6 Å². The number of carbonyl (C=O) groups is 1. The van der Waals surface area contributed by atoms with Crippen molar-refractivity contribution in [1.29, 1.82) is 0 Å². The van der Waals surface area contributed by atoms with Crippen molar-refractivity contribution in [2.45, 2.75) is 69.0 Å². The fraction of sp³-hybridized carbons (Fsp3) is 0.870. The molecule has 0 bridgehead atoms. The van der Waals surface area contributed by atoms with Gasteiger partial charge in [-0.3, -0.25) is 0 Å². The molecule has 0 aromatic rings. The number of hydrogen-bond acceptors (Lipinski definition) is 5. The van der Waals surface area contributed by atoms with E-state index >= 15 is 0 Å². The molecule has 0 aromatic carbocycles. The summed E-state index contributed by atoms with van der Waals surface area (Å²) in [5.41, 5.74) is 0.719. The van der Waals surface area contributed by atoms with Crippen LogP contribution in [-0.2, 0) is 23.7 Å². The number of piperidine rings is 2. The van der Waals surface area contributed by atoms with E-state index in [4.69, 9.17) is 24.3 Å². The lowest BCUT2D eigenvalue weighted by Crippen LogP contribution is -3.20. The summed E-state index contributed by atoms with van der Waals surface area (Å²) in [5, 5.41) is 5.41. The highest BCUT2D eigenvalue weighted by Gasteiger charge is 2.54. The van der Waals surface area contributed by atoms with E-state index < -0.39 is 0 Å². The minimum atomic E-state index is -0.240. The van der Waals surface area contributed by atoms with Crippen molar-refractivity contribution in [3.05, 3.63) is 17.2 Å². The second kappa shape index (κ2) is 8.08. The third-order valence-corrected chi connectivity index (χ3v) is 8.94. The number of rotatable bonds is 3. The predicted octanol–water partition coefficient (Wildman–Crippen LogP) is 0.936. The molecule has 0 amide bonds. The van der Waals surface area contributed by atoms with E-state index in [0.29, 0.717) is 35.9 Å². The molecule has 7 nitrogen and oxygen atoms in total. The van der Waals surface area contributed by atoms with Gasteiger partial charge in [0, 0.05) is 26.6 Å². The highest BCUT2D eigenvalue weighted by molar-refractivity contribution is 5.88. The number of esters is 1. The normalized spacial score (nSPS) is 49.6. The van der Waals surface area contributed by atoms with Gasteiger partial charge >= 0.3 is 5.97 Å². The molecule has 168 valence electrons. The summed E-state index contributed by atoms with van der Waals surface area (Å²) in [6.45, 7) is 4.39. The first-order chi connectivity index (χ1) is 14.5. The molecule has 5 aliphatic rings. The second-order valence-corrected chi connectivity index (χ2v) is 9.97. The Hall–Kier alpha value is -1.15. The molecule has 0 aromatic heterocycles. The zero-order valence-electron chi connectivity index (χ0n) is 18.6. The van der Waals surface area contributed by atoms with E-state index in [9.17, 15) is 4.79 Å². The fourth-order valence-electron chi connectivity index (χ4n) is 7.41. The molecule has 0 spiro atoms. The molecule has 1 aliphatic carbocycles. The Labute approximate surface area is 179 Å². The van der Waals surface area contributed by atoms with Gasteiger partial charge in [0.05, 0.1) is 56.2 Å². The maximum atomic E-state index is 12.4. The molecule has 0 radical (unpaired) electrons.